The van der Waals surface area contributed by atoms with Gasteiger partial charge in [0.1, 0.15) is 12.1 Å². The SMILES string of the molecule is CC1(C)Cc2nc3ncnc(N)c3cc2CO1. The summed E-state index contributed by atoms with van der Waals surface area (Å²) in [6.07, 6.45) is 2.24. The molecular formula is C12H14N4O. The van der Waals surface area contributed by atoms with Crippen LogP contribution in [0.5, 0.6) is 0 Å². The number of rotatable bonds is 0. The molecule has 5 heteroatoms. The van der Waals surface area contributed by atoms with Crippen molar-refractivity contribution in [1.82, 2.24) is 15.0 Å². The normalized spacial score (nSPS) is 18.0. The maximum Gasteiger partial charge on any atom is 0.164 e. The van der Waals surface area contributed by atoms with Gasteiger partial charge in [-0.2, -0.15) is 0 Å². The van der Waals surface area contributed by atoms with E-state index in [9.17, 15) is 0 Å². The predicted molar refractivity (Wildman–Crippen MR) is 64.3 cm³/mol. The van der Waals surface area contributed by atoms with Gasteiger partial charge < -0.3 is 10.5 Å². The maximum atomic E-state index is 5.81. The first-order valence-electron chi connectivity index (χ1n) is 5.58. The van der Waals surface area contributed by atoms with Crippen molar-refractivity contribution < 1.29 is 4.74 Å². The second-order valence-corrected chi connectivity index (χ2v) is 4.95. The van der Waals surface area contributed by atoms with Gasteiger partial charge in [0.15, 0.2) is 5.65 Å². The van der Waals surface area contributed by atoms with Gasteiger partial charge >= 0.3 is 0 Å². The summed E-state index contributed by atoms with van der Waals surface area (Å²) in [5, 5.41) is 0.801. The van der Waals surface area contributed by atoms with Crippen LogP contribution in [-0.4, -0.2) is 20.6 Å². The van der Waals surface area contributed by atoms with Crippen molar-refractivity contribution >= 4 is 16.9 Å². The van der Waals surface area contributed by atoms with Crippen molar-refractivity contribution in [3.8, 4) is 0 Å². The highest BCUT2D eigenvalue weighted by atomic mass is 16.5. The Labute approximate surface area is 99.0 Å². The molecule has 2 aromatic rings. The standard InChI is InChI=1S/C12H14N4O/c1-12(2)4-9-7(5-17-12)3-8-10(13)14-6-15-11(8)16-9/h3,6H,4-5H2,1-2H3,(H2,13,14,15,16). The number of hydrogen-bond acceptors (Lipinski definition) is 5. The molecule has 0 spiro atoms. The molecule has 0 fully saturated rings. The molecule has 0 atom stereocenters. The van der Waals surface area contributed by atoms with E-state index in [-0.39, 0.29) is 5.60 Å². The molecule has 0 saturated carbocycles. The number of anilines is 1. The van der Waals surface area contributed by atoms with Gasteiger partial charge in [-0.3, -0.25) is 0 Å². The summed E-state index contributed by atoms with van der Waals surface area (Å²) in [6.45, 7) is 4.70. The van der Waals surface area contributed by atoms with E-state index in [4.69, 9.17) is 10.5 Å². The average Bonchev–Trinajstić information content (AvgIpc) is 2.26. The Kier molecular flexibility index (Phi) is 2.06. The van der Waals surface area contributed by atoms with E-state index in [1.807, 2.05) is 6.07 Å². The highest BCUT2D eigenvalue weighted by Crippen LogP contribution is 2.29. The van der Waals surface area contributed by atoms with Gasteiger partial charge in [-0.15, -0.1) is 0 Å². The number of aromatic nitrogens is 3. The number of fused-ring (bicyclic) bond motifs is 2. The minimum absolute atomic E-state index is 0.160. The van der Waals surface area contributed by atoms with Crippen molar-refractivity contribution in [2.24, 2.45) is 0 Å². The third kappa shape index (κ3) is 1.72. The zero-order valence-electron chi connectivity index (χ0n) is 9.90. The molecule has 0 radical (unpaired) electrons. The first-order valence-corrected chi connectivity index (χ1v) is 5.58. The lowest BCUT2D eigenvalue weighted by molar-refractivity contribution is -0.0411. The Hall–Kier alpha value is -1.75. The molecule has 5 nitrogen and oxygen atoms in total. The highest BCUT2D eigenvalue weighted by Gasteiger charge is 2.27. The van der Waals surface area contributed by atoms with Crippen LogP contribution in [0.15, 0.2) is 12.4 Å². The Morgan fingerprint density at radius 2 is 2.18 bits per heavy atom. The summed E-state index contributed by atoms with van der Waals surface area (Å²) < 4.78 is 5.76. The Morgan fingerprint density at radius 1 is 1.35 bits per heavy atom. The van der Waals surface area contributed by atoms with Crippen LogP contribution in [0.1, 0.15) is 25.1 Å². The third-order valence-electron chi connectivity index (χ3n) is 3.04. The van der Waals surface area contributed by atoms with Gasteiger partial charge in [-0.1, -0.05) is 0 Å². The van der Waals surface area contributed by atoms with Crippen molar-refractivity contribution in [2.45, 2.75) is 32.5 Å². The molecule has 0 amide bonds. The molecule has 88 valence electrons. The first-order chi connectivity index (χ1) is 8.05. The molecule has 1 aliphatic heterocycles. The summed E-state index contributed by atoms with van der Waals surface area (Å²) in [6, 6.07) is 1.99. The van der Waals surface area contributed by atoms with E-state index in [2.05, 4.69) is 28.8 Å². The number of nitrogen functional groups attached to an aromatic ring is 1. The molecule has 3 heterocycles. The van der Waals surface area contributed by atoms with Crippen LogP contribution < -0.4 is 5.73 Å². The number of ether oxygens (including phenoxy) is 1. The van der Waals surface area contributed by atoms with Gasteiger partial charge in [0.2, 0.25) is 0 Å². The summed E-state index contributed by atoms with van der Waals surface area (Å²) >= 11 is 0. The average molecular weight is 230 g/mol. The first kappa shape index (κ1) is 10.4. The minimum atomic E-state index is -0.160. The van der Waals surface area contributed by atoms with Crippen LogP contribution in [0.2, 0.25) is 0 Å². The van der Waals surface area contributed by atoms with Crippen LogP contribution >= 0.6 is 0 Å². The van der Waals surface area contributed by atoms with Gasteiger partial charge in [-0.25, -0.2) is 15.0 Å². The lowest BCUT2D eigenvalue weighted by atomic mass is 9.95. The van der Waals surface area contributed by atoms with Crippen LogP contribution in [0.3, 0.4) is 0 Å². The van der Waals surface area contributed by atoms with Gasteiger partial charge in [0, 0.05) is 12.0 Å². The fourth-order valence-corrected chi connectivity index (χ4v) is 2.09. The van der Waals surface area contributed by atoms with E-state index >= 15 is 0 Å². The van der Waals surface area contributed by atoms with Crippen molar-refractivity contribution in [1.29, 1.82) is 0 Å². The number of hydrogen-bond donors (Lipinski definition) is 1. The summed E-state index contributed by atoms with van der Waals surface area (Å²) in [5.74, 6) is 0.468. The smallest absolute Gasteiger partial charge is 0.164 e. The van der Waals surface area contributed by atoms with E-state index in [0.717, 1.165) is 23.1 Å². The van der Waals surface area contributed by atoms with Crippen LogP contribution in [0.25, 0.3) is 11.0 Å². The van der Waals surface area contributed by atoms with Crippen molar-refractivity contribution in [3.63, 3.8) is 0 Å². The topological polar surface area (TPSA) is 73.9 Å². The molecule has 0 saturated heterocycles. The quantitative estimate of drug-likeness (QED) is 0.741. The number of pyridine rings is 1. The molecule has 2 aromatic heterocycles. The third-order valence-corrected chi connectivity index (χ3v) is 3.04. The molecule has 0 bridgehead atoms. The van der Waals surface area contributed by atoms with Gasteiger partial charge in [0.25, 0.3) is 0 Å². The Balaban J connectivity index is 2.21. The molecule has 0 unspecified atom stereocenters. The monoisotopic (exact) mass is 230 g/mol. The summed E-state index contributed by atoms with van der Waals surface area (Å²) in [4.78, 5) is 12.7. The lowest BCUT2D eigenvalue weighted by Gasteiger charge is -2.31. The lowest BCUT2D eigenvalue weighted by Crippen LogP contribution is -2.32. The zero-order valence-corrected chi connectivity index (χ0v) is 9.90. The zero-order chi connectivity index (χ0) is 12.0. The van der Waals surface area contributed by atoms with Crippen molar-refractivity contribution in [2.75, 3.05) is 5.73 Å². The van der Waals surface area contributed by atoms with Crippen LogP contribution in [-0.2, 0) is 17.8 Å². The molecule has 17 heavy (non-hydrogen) atoms. The van der Waals surface area contributed by atoms with E-state index < -0.39 is 0 Å². The molecule has 2 N–H and O–H groups in total. The van der Waals surface area contributed by atoms with Crippen LogP contribution in [0.4, 0.5) is 5.82 Å². The number of nitrogens with two attached hydrogens (primary N) is 1. The second-order valence-electron chi connectivity index (χ2n) is 4.95. The highest BCUT2D eigenvalue weighted by molar-refractivity contribution is 5.85. The number of nitrogens with zero attached hydrogens (tertiary/aromatic N) is 3. The van der Waals surface area contributed by atoms with Gasteiger partial charge in [0.05, 0.1) is 23.3 Å². The van der Waals surface area contributed by atoms with Gasteiger partial charge in [-0.05, 0) is 19.9 Å². The minimum Gasteiger partial charge on any atom is -0.383 e. The molecule has 3 rings (SSSR count). The van der Waals surface area contributed by atoms with Crippen LogP contribution in [0, 0.1) is 0 Å². The molecule has 1 aliphatic rings. The fourth-order valence-electron chi connectivity index (χ4n) is 2.09. The van der Waals surface area contributed by atoms with E-state index in [0.29, 0.717) is 18.1 Å². The largest absolute Gasteiger partial charge is 0.383 e. The predicted octanol–water partition coefficient (Wildman–Crippen LogP) is 1.46. The fraction of sp³-hybridized carbons (Fsp3) is 0.417. The summed E-state index contributed by atoms with van der Waals surface area (Å²) in [5.41, 5.74) is 8.44. The second kappa shape index (κ2) is 3.37. The molecular weight excluding hydrogens is 216 g/mol. The Morgan fingerprint density at radius 3 is 3.00 bits per heavy atom. The van der Waals surface area contributed by atoms with E-state index in [1.165, 1.54) is 6.33 Å². The summed E-state index contributed by atoms with van der Waals surface area (Å²) in [7, 11) is 0. The van der Waals surface area contributed by atoms with E-state index in [1.54, 1.807) is 0 Å². The van der Waals surface area contributed by atoms with Crippen molar-refractivity contribution in [3.05, 3.63) is 23.7 Å². The molecule has 0 aromatic carbocycles. The maximum absolute atomic E-state index is 5.81. The molecule has 0 aliphatic carbocycles. The Bertz CT molecular complexity index is 594.